The third-order valence-corrected chi connectivity index (χ3v) is 3.36. The van der Waals surface area contributed by atoms with E-state index >= 15 is 0 Å². The summed E-state index contributed by atoms with van der Waals surface area (Å²) in [6.07, 6.45) is 1.92. The number of rotatable bonds is 1. The van der Waals surface area contributed by atoms with E-state index in [1.807, 2.05) is 6.92 Å². The van der Waals surface area contributed by atoms with Crippen LogP contribution in [0, 0.1) is 0 Å². The molecular formula is C14H14O. The summed E-state index contributed by atoms with van der Waals surface area (Å²) in [6, 6.07) is 10.7. The second kappa shape index (κ2) is 3.07. The van der Waals surface area contributed by atoms with Gasteiger partial charge in [-0.25, -0.2) is 0 Å². The first-order valence-corrected chi connectivity index (χ1v) is 5.49. The minimum atomic E-state index is -0.380. The highest BCUT2D eigenvalue weighted by atomic mass is 16.3. The standard InChI is InChI=1S/C14H14O/c1-9(15)12-8-7-11-6-5-10-3-2-4-13(12)14(10)11/h2-4,7-9,15H,5-6H2,1H3/t9-/m1/s1. The lowest BCUT2D eigenvalue weighted by Crippen LogP contribution is -1.93. The van der Waals surface area contributed by atoms with Crippen LogP contribution in [0.5, 0.6) is 0 Å². The molecule has 0 saturated carbocycles. The lowest BCUT2D eigenvalue weighted by atomic mass is 9.97. The monoisotopic (exact) mass is 198 g/mol. The Bertz CT molecular complexity index is 516. The van der Waals surface area contributed by atoms with Crippen molar-refractivity contribution in [1.82, 2.24) is 0 Å². The molecule has 0 radical (unpaired) electrons. The smallest absolute Gasteiger partial charge is 0.0767 e. The summed E-state index contributed by atoms with van der Waals surface area (Å²) in [6.45, 7) is 1.83. The highest BCUT2D eigenvalue weighted by Crippen LogP contribution is 2.34. The molecule has 1 heteroatoms. The van der Waals surface area contributed by atoms with E-state index in [-0.39, 0.29) is 6.10 Å². The molecule has 0 saturated heterocycles. The van der Waals surface area contributed by atoms with Crippen LogP contribution in [-0.4, -0.2) is 5.11 Å². The van der Waals surface area contributed by atoms with Crippen molar-refractivity contribution in [3.8, 4) is 0 Å². The molecule has 1 aliphatic rings. The first kappa shape index (κ1) is 8.93. The van der Waals surface area contributed by atoms with Gasteiger partial charge in [0.15, 0.2) is 0 Å². The normalized spacial score (nSPS) is 15.9. The summed E-state index contributed by atoms with van der Waals surface area (Å²) in [5.74, 6) is 0. The minimum Gasteiger partial charge on any atom is -0.389 e. The van der Waals surface area contributed by atoms with Crippen molar-refractivity contribution >= 4 is 10.8 Å². The number of hydrogen-bond donors (Lipinski definition) is 1. The third kappa shape index (κ3) is 1.20. The zero-order chi connectivity index (χ0) is 10.4. The predicted octanol–water partition coefficient (Wildman–Crippen LogP) is 2.99. The van der Waals surface area contributed by atoms with Crippen LogP contribution in [0.3, 0.4) is 0 Å². The summed E-state index contributed by atoms with van der Waals surface area (Å²) in [5, 5.41) is 12.3. The van der Waals surface area contributed by atoms with E-state index < -0.39 is 0 Å². The molecule has 0 amide bonds. The molecule has 2 aromatic rings. The number of benzene rings is 2. The van der Waals surface area contributed by atoms with Gasteiger partial charge in [-0.2, -0.15) is 0 Å². The van der Waals surface area contributed by atoms with Gasteiger partial charge >= 0.3 is 0 Å². The molecule has 76 valence electrons. The summed E-state index contributed by atoms with van der Waals surface area (Å²) in [4.78, 5) is 0. The zero-order valence-corrected chi connectivity index (χ0v) is 8.83. The molecular weight excluding hydrogens is 184 g/mol. The molecule has 1 aliphatic carbocycles. The maximum absolute atomic E-state index is 9.72. The molecule has 1 N–H and O–H groups in total. The lowest BCUT2D eigenvalue weighted by molar-refractivity contribution is 0.201. The number of aliphatic hydroxyl groups is 1. The Morgan fingerprint density at radius 3 is 2.53 bits per heavy atom. The van der Waals surface area contributed by atoms with Crippen molar-refractivity contribution in [2.75, 3.05) is 0 Å². The molecule has 15 heavy (non-hydrogen) atoms. The Hall–Kier alpha value is -1.34. The van der Waals surface area contributed by atoms with Crippen LogP contribution in [0.2, 0.25) is 0 Å². The van der Waals surface area contributed by atoms with Crippen molar-refractivity contribution in [2.45, 2.75) is 25.9 Å². The van der Waals surface area contributed by atoms with Gasteiger partial charge in [0.2, 0.25) is 0 Å². The fraction of sp³-hybridized carbons (Fsp3) is 0.286. The SMILES string of the molecule is C[C@@H](O)c1ccc2c3c(cccc13)CC2. The predicted molar refractivity (Wildman–Crippen MR) is 62.0 cm³/mol. The van der Waals surface area contributed by atoms with Crippen molar-refractivity contribution in [3.05, 3.63) is 47.0 Å². The summed E-state index contributed by atoms with van der Waals surface area (Å²) >= 11 is 0. The van der Waals surface area contributed by atoms with Crippen LogP contribution in [0.25, 0.3) is 10.8 Å². The van der Waals surface area contributed by atoms with Crippen molar-refractivity contribution in [1.29, 1.82) is 0 Å². The first-order valence-electron chi connectivity index (χ1n) is 5.49. The van der Waals surface area contributed by atoms with Gasteiger partial charge in [-0.05, 0) is 47.2 Å². The summed E-state index contributed by atoms with van der Waals surface area (Å²) in [7, 11) is 0. The Morgan fingerprint density at radius 1 is 1.07 bits per heavy atom. The van der Waals surface area contributed by atoms with Crippen molar-refractivity contribution in [3.63, 3.8) is 0 Å². The molecule has 0 spiro atoms. The zero-order valence-electron chi connectivity index (χ0n) is 8.83. The fourth-order valence-electron chi connectivity index (χ4n) is 2.63. The fourth-order valence-corrected chi connectivity index (χ4v) is 2.63. The molecule has 2 aromatic carbocycles. The Balaban J connectivity index is 2.43. The van der Waals surface area contributed by atoms with Crippen LogP contribution in [0.4, 0.5) is 0 Å². The second-order valence-electron chi connectivity index (χ2n) is 4.33. The molecule has 3 rings (SSSR count). The maximum atomic E-state index is 9.72. The van der Waals surface area contributed by atoms with E-state index in [0.717, 1.165) is 18.4 Å². The highest BCUT2D eigenvalue weighted by molar-refractivity contribution is 5.93. The van der Waals surface area contributed by atoms with Crippen LogP contribution in [-0.2, 0) is 12.8 Å². The Kier molecular flexibility index (Phi) is 1.83. The van der Waals surface area contributed by atoms with E-state index in [1.54, 1.807) is 0 Å². The Morgan fingerprint density at radius 2 is 1.80 bits per heavy atom. The molecule has 0 heterocycles. The summed E-state index contributed by atoms with van der Waals surface area (Å²) < 4.78 is 0. The number of aliphatic hydroxyl groups excluding tert-OH is 1. The number of hydrogen-bond acceptors (Lipinski definition) is 1. The largest absolute Gasteiger partial charge is 0.389 e. The van der Waals surface area contributed by atoms with Gasteiger partial charge in [-0.1, -0.05) is 30.3 Å². The van der Waals surface area contributed by atoms with Crippen LogP contribution in [0.15, 0.2) is 30.3 Å². The maximum Gasteiger partial charge on any atom is 0.0767 e. The van der Waals surface area contributed by atoms with E-state index in [2.05, 4.69) is 30.3 Å². The molecule has 0 aromatic heterocycles. The van der Waals surface area contributed by atoms with E-state index in [9.17, 15) is 5.11 Å². The van der Waals surface area contributed by atoms with Crippen LogP contribution >= 0.6 is 0 Å². The van der Waals surface area contributed by atoms with E-state index in [4.69, 9.17) is 0 Å². The average Bonchev–Trinajstić information content (AvgIpc) is 2.64. The van der Waals surface area contributed by atoms with Crippen molar-refractivity contribution < 1.29 is 5.11 Å². The number of aryl methyl sites for hydroxylation is 2. The third-order valence-electron chi connectivity index (χ3n) is 3.36. The van der Waals surface area contributed by atoms with Gasteiger partial charge in [0.1, 0.15) is 0 Å². The van der Waals surface area contributed by atoms with Crippen molar-refractivity contribution in [2.24, 2.45) is 0 Å². The van der Waals surface area contributed by atoms with Crippen LogP contribution in [0.1, 0.15) is 29.7 Å². The first-order chi connectivity index (χ1) is 7.27. The van der Waals surface area contributed by atoms with Gasteiger partial charge in [-0.3, -0.25) is 0 Å². The quantitative estimate of drug-likeness (QED) is 0.746. The topological polar surface area (TPSA) is 20.2 Å². The Labute approximate surface area is 89.4 Å². The van der Waals surface area contributed by atoms with Gasteiger partial charge in [0.05, 0.1) is 6.10 Å². The highest BCUT2D eigenvalue weighted by Gasteiger charge is 2.16. The molecule has 1 nitrogen and oxygen atoms in total. The molecule has 1 atom stereocenters. The van der Waals surface area contributed by atoms with Crippen LogP contribution < -0.4 is 0 Å². The molecule has 0 aliphatic heterocycles. The van der Waals surface area contributed by atoms with Gasteiger partial charge in [0, 0.05) is 0 Å². The van der Waals surface area contributed by atoms with Gasteiger partial charge in [-0.15, -0.1) is 0 Å². The van der Waals surface area contributed by atoms with Gasteiger partial charge in [0.25, 0.3) is 0 Å². The molecule has 0 bridgehead atoms. The van der Waals surface area contributed by atoms with E-state index in [1.165, 1.54) is 21.9 Å². The lowest BCUT2D eigenvalue weighted by Gasteiger charge is -2.10. The van der Waals surface area contributed by atoms with Gasteiger partial charge < -0.3 is 5.11 Å². The summed E-state index contributed by atoms with van der Waals surface area (Å²) in [5.41, 5.74) is 3.92. The minimum absolute atomic E-state index is 0.380. The molecule has 0 unspecified atom stereocenters. The second-order valence-corrected chi connectivity index (χ2v) is 4.33. The van der Waals surface area contributed by atoms with E-state index in [0.29, 0.717) is 0 Å². The average molecular weight is 198 g/mol. The molecule has 0 fully saturated rings.